The van der Waals surface area contributed by atoms with Crippen LogP contribution in [-0.2, 0) is 0 Å². The van der Waals surface area contributed by atoms with Crippen molar-refractivity contribution >= 4 is 25.0 Å². The number of carboxylic acids is 1. The third kappa shape index (κ3) is 2.00. The van der Waals surface area contributed by atoms with E-state index in [0.717, 1.165) is 18.8 Å². The molecule has 0 aromatic heterocycles. The maximum Gasteiger partial charge on any atom is 0.337 e. The first-order valence-corrected chi connectivity index (χ1v) is 6.47. The van der Waals surface area contributed by atoms with Crippen LogP contribution in [0.5, 0.6) is 0 Å². The Morgan fingerprint density at radius 2 is 1.89 bits per heavy atom. The van der Waals surface area contributed by atoms with Crippen LogP contribution in [-0.4, -0.2) is 32.0 Å². The molecule has 2 radical (unpaired) electrons. The van der Waals surface area contributed by atoms with Gasteiger partial charge in [-0.25, -0.2) is 4.79 Å². The molecule has 1 saturated heterocycles. The van der Waals surface area contributed by atoms with Crippen molar-refractivity contribution in [1.82, 2.24) is 0 Å². The summed E-state index contributed by atoms with van der Waals surface area (Å²) in [7, 11) is 5.78. The number of hydrogen-bond acceptors (Lipinski definition) is 2. The Kier molecular flexibility index (Phi) is 2.61. The summed E-state index contributed by atoms with van der Waals surface area (Å²) < 4.78 is 0. The van der Waals surface area contributed by atoms with Crippen molar-refractivity contribution in [3.8, 4) is 0 Å². The Morgan fingerprint density at radius 3 is 2.44 bits per heavy atom. The second kappa shape index (κ2) is 4.04. The van der Waals surface area contributed by atoms with E-state index in [9.17, 15) is 9.90 Å². The number of hydrogen-bond donors (Lipinski definition) is 1. The van der Waals surface area contributed by atoms with Gasteiger partial charge in [-0.3, -0.25) is 0 Å². The molecule has 1 heterocycles. The van der Waals surface area contributed by atoms with Crippen LogP contribution in [0, 0.1) is 5.41 Å². The average molecular weight is 241 g/mol. The van der Waals surface area contributed by atoms with Crippen LogP contribution in [0.1, 0.15) is 36.0 Å². The average Bonchev–Trinajstić information content (AvgIpc) is 3.09. The number of aromatic carboxylic acids is 1. The predicted octanol–water partition coefficient (Wildman–Crippen LogP) is 1.56. The largest absolute Gasteiger partial charge is 0.478 e. The van der Waals surface area contributed by atoms with E-state index in [1.165, 1.54) is 25.7 Å². The molecule has 1 spiro atoms. The summed E-state index contributed by atoms with van der Waals surface area (Å²) in [4.78, 5) is 13.4. The van der Waals surface area contributed by atoms with Gasteiger partial charge < -0.3 is 10.0 Å². The van der Waals surface area contributed by atoms with Gasteiger partial charge in [-0.2, -0.15) is 0 Å². The van der Waals surface area contributed by atoms with E-state index in [1.54, 1.807) is 18.2 Å². The number of benzene rings is 1. The second-order valence-electron chi connectivity index (χ2n) is 5.57. The summed E-state index contributed by atoms with van der Waals surface area (Å²) in [6.07, 6.45) is 5.06. The number of piperidine rings is 1. The Hall–Kier alpha value is -1.45. The fraction of sp³-hybridized carbons (Fsp3) is 0.500. The molecular weight excluding hydrogens is 225 g/mol. The van der Waals surface area contributed by atoms with Crippen LogP contribution >= 0.6 is 0 Å². The van der Waals surface area contributed by atoms with Crippen LogP contribution in [0.25, 0.3) is 0 Å². The van der Waals surface area contributed by atoms with E-state index in [-0.39, 0.29) is 0 Å². The summed E-state index contributed by atoms with van der Waals surface area (Å²) >= 11 is 0. The molecular formula is C14H16BNO2. The molecule has 1 aliphatic carbocycles. The van der Waals surface area contributed by atoms with Gasteiger partial charge >= 0.3 is 5.97 Å². The molecule has 3 rings (SSSR count). The fourth-order valence-electron chi connectivity index (χ4n) is 2.89. The lowest BCUT2D eigenvalue weighted by atomic mass is 9.90. The zero-order valence-corrected chi connectivity index (χ0v) is 10.4. The molecule has 18 heavy (non-hydrogen) atoms. The number of anilines is 1. The molecule has 0 bridgehead atoms. The van der Waals surface area contributed by atoms with Crippen molar-refractivity contribution in [2.24, 2.45) is 5.41 Å². The van der Waals surface area contributed by atoms with E-state index in [4.69, 9.17) is 7.85 Å². The highest BCUT2D eigenvalue weighted by atomic mass is 16.4. The Labute approximate surface area is 108 Å². The van der Waals surface area contributed by atoms with Crippen molar-refractivity contribution in [3.63, 3.8) is 0 Å². The minimum atomic E-state index is -0.878. The van der Waals surface area contributed by atoms with Gasteiger partial charge in [0.1, 0.15) is 7.85 Å². The number of carboxylic acid groups (broad SMARTS) is 1. The molecule has 4 heteroatoms. The van der Waals surface area contributed by atoms with Gasteiger partial charge in [0.2, 0.25) is 0 Å². The Morgan fingerprint density at radius 1 is 1.22 bits per heavy atom. The summed E-state index contributed by atoms with van der Waals surface area (Å²) in [5.74, 6) is -0.878. The first-order valence-electron chi connectivity index (χ1n) is 6.47. The molecule has 1 aromatic rings. The third-order valence-electron chi connectivity index (χ3n) is 4.37. The van der Waals surface area contributed by atoms with Gasteiger partial charge in [0.25, 0.3) is 0 Å². The van der Waals surface area contributed by atoms with Crippen molar-refractivity contribution in [2.45, 2.75) is 25.7 Å². The van der Waals surface area contributed by atoms with E-state index in [0.29, 0.717) is 16.4 Å². The third-order valence-corrected chi connectivity index (χ3v) is 4.37. The molecule has 0 unspecified atom stereocenters. The van der Waals surface area contributed by atoms with Gasteiger partial charge in [0.15, 0.2) is 0 Å². The highest BCUT2D eigenvalue weighted by Gasteiger charge is 2.44. The van der Waals surface area contributed by atoms with E-state index >= 15 is 0 Å². The first kappa shape index (κ1) is 11.6. The molecule has 2 fully saturated rings. The maximum atomic E-state index is 11.2. The van der Waals surface area contributed by atoms with Crippen LogP contribution in [0.2, 0.25) is 0 Å². The molecule has 92 valence electrons. The quantitative estimate of drug-likeness (QED) is 0.799. The fourth-order valence-corrected chi connectivity index (χ4v) is 2.89. The molecule has 0 amide bonds. The van der Waals surface area contributed by atoms with Gasteiger partial charge in [0, 0.05) is 13.1 Å². The van der Waals surface area contributed by atoms with Gasteiger partial charge in [-0.05, 0) is 43.2 Å². The molecule has 1 saturated carbocycles. The standard InChI is InChI=1S/C14H16BNO2/c15-10-1-2-11(13(17)18)12(9-10)16-7-5-14(3-4-14)6-8-16/h1-2,9H,3-8H2,(H,17,18). The lowest BCUT2D eigenvalue weighted by Crippen LogP contribution is -2.35. The zero-order chi connectivity index (χ0) is 12.8. The monoisotopic (exact) mass is 241 g/mol. The normalized spacial score (nSPS) is 21.0. The lowest BCUT2D eigenvalue weighted by molar-refractivity contribution is 0.0697. The molecule has 3 nitrogen and oxygen atoms in total. The lowest BCUT2D eigenvalue weighted by Gasteiger charge is -2.34. The maximum absolute atomic E-state index is 11.2. The Balaban J connectivity index is 1.86. The van der Waals surface area contributed by atoms with Gasteiger partial charge in [0.05, 0.1) is 11.3 Å². The SMILES string of the molecule is [B]c1ccc(C(=O)O)c(N2CCC3(CC2)CC3)c1. The van der Waals surface area contributed by atoms with Gasteiger partial charge in [-0.1, -0.05) is 11.5 Å². The van der Waals surface area contributed by atoms with E-state index < -0.39 is 5.97 Å². The van der Waals surface area contributed by atoms with E-state index in [1.807, 2.05) is 0 Å². The number of carbonyl (C=O) groups is 1. The van der Waals surface area contributed by atoms with Crippen LogP contribution in [0.3, 0.4) is 0 Å². The predicted molar refractivity (Wildman–Crippen MR) is 71.9 cm³/mol. The second-order valence-corrected chi connectivity index (χ2v) is 5.57. The topological polar surface area (TPSA) is 40.5 Å². The van der Waals surface area contributed by atoms with Crippen LogP contribution < -0.4 is 10.4 Å². The summed E-state index contributed by atoms with van der Waals surface area (Å²) in [5, 5.41) is 9.23. The van der Waals surface area contributed by atoms with Crippen LogP contribution in [0.4, 0.5) is 5.69 Å². The highest BCUT2D eigenvalue weighted by molar-refractivity contribution is 6.32. The molecule has 1 aliphatic heterocycles. The first-order chi connectivity index (χ1) is 8.60. The van der Waals surface area contributed by atoms with Crippen molar-refractivity contribution in [2.75, 3.05) is 18.0 Å². The van der Waals surface area contributed by atoms with E-state index in [2.05, 4.69) is 4.90 Å². The molecule has 1 N–H and O–H groups in total. The minimum Gasteiger partial charge on any atom is -0.478 e. The number of nitrogens with zero attached hydrogens (tertiary/aromatic N) is 1. The van der Waals surface area contributed by atoms with Crippen LogP contribution in [0.15, 0.2) is 18.2 Å². The zero-order valence-electron chi connectivity index (χ0n) is 10.4. The minimum absolute atomic E-state index is 0.357. The number of rotatable bonds is 2. The smallest absolute Gasteiger partial charge is 0.337 e. The van der Waals surface area contributed by atoms with Crippen molar-refractivity contribution in [1.29, 1.82) is 0 Å². The highest BCUT2D eigenvalue weighted by Crippen LogP contribution is 2.54. The van der Waals surface area contributed by atoms with Crippen molar-refractivity contribution < 1.29 is 9.90 Å². The molecule has 1 aromatic carbocycles. The molecule has 0 atom stereocenters. The van der Waals surface area contributed by atoms with Gasteiger partial charge in [-0.15, -0.1) is 0 Å². The summed E-state index contributed by atoms with van der Waals surface area (Å²) in [5.41, 5.74) is 2.36. The summed E-state index contributed by atoms with van der Waals surface area (Å²) in [6.45, 7) is 1.90. The summed E-state index contributed by atoms with van der Waals surface area (Å²) in [6, 6.07) is 5.04. The Bertz CT molecular complexity index is 487. The van der Waals surface area contributed by atoms with Crippen molar-refractivity contribution in [3.05, 3.63) is 23.8 Å². The molecule has 2 aliphatic rings.